The van der Waals surface area contributed by atoms with Gasteiger partial charge in [0.1, 0.15) is 5.69 Å². The molecule has 1 aromatic heterocycles. The zero-order valence-corrected chi connectivity index (χ0v) is 16.1. The van der Waals surface area contributed by atoms with Gasteiger partial charge >= 0.3 is 0 Å². The van der Waals surface area contributed by atoms with Crippen LogP contribution in [0.25, 0.3) is 11.3 Å². The summed E-state index contributed by atoms with van der Waals surface area (Å²) < 4.78 is 0. The molecule has 2 heterocycles. The van der Waals surface area contributed by atoms with Gasteiger partial charge in [0.05, 0.1) is 16.1 Å². The van der Waals surface area contributed by atoms with E-state index in [1.54, 1.807) is 18.2 Å². The fourth-order valence-electron chi connectivity index (χ4n) is 2.90. The van der Waals surface area contributed by atoms with Gasteiger partial charge in [-0.3, -0.25) is 4.90 Å². The predicted octanol–water partition coefficient (Wildman–Crippen LogP) is 2.32. The van der Waals surface area contributed by atoms with Gasteiger partial charge in [-0.25, -0.2) is 0 Å². The summed E-state index contributed by atoms with van der Waals surface area (Å²) in [6.45, 7) is 5.86. The molecule has 7 nitrogen and oxygen atoms in total. The van der Waals surface area contributed by atoms with Gasteiger partial charge in [-0.1, -0.05) is 42.3 Å². The molecule has 1 atom stereocenters. The van der Waals surface area contributed by atoms with Crippen LogP contribution in [0.5, 0.6) is 0 Å². The van der Waals surface area contributed by atoms with Crippen LogP contribution < -0.4 is 10.6 Å². The van der Waals surface area contributed by atoms with Gasteiger partial charge in [0.25, 0.3) is 0 Å². The molecule has 0 radical (unpaired) electrons. The Kier molecular flexibility index (Phi) is 6.13. The molecule has 1 saturated heterocycles. The van der Waals surface area contributed by atoms with Crippen molar-refractivity contribution in [3.63, 3.8) is 0 Å². The molecule has 1 unspecified atom stereocenters. The van der Waals surface area contributed by atoms with E-state index in [4.69, 9.17) is 28.9 Å². The number of aromatic nitrogens is 3. The third-order valence-electron chi connectivity index (χ3n) is 4.50. The third-order valence-corrected chi connectivity index (χ3v) is 5.32. The van der Waals surface area contributed by atoms with E-state index in [1.807, 2.05) is 11.8 Å². The van der Waals surface area contributed by atoms with Crippen LogP contribution in [-0.4, -0.2) is 64.0 Å². The summed E-state index contributed by atoms with van der Waals surface area (Å²) >= 11 is 12.3. The van der Waals surface area contributed by atoms with Crippen molar-refractivity contribution >= 4 is 35.0 Å². The molecule has 0 spiro atoms. The number of aliphatic hydroxyl groups is 1. The highest BCUT2D eigenvalue weighted by Gasteiger charge is 2.22. The molecule has 140 valence electrons. The minimum Gasteiger partial charge on any atom is -0.392 e. The Morgan fingerprint density at radius 2 is 1.92 bits per heavy atom. The van der Waals surface area contributed by atoms with Crippen molar-refractivity contribution in [3.8, 4) is 11.3 Å². The van der Waals surface area contributed by atoms with E-state index in [-0.39, 0.29) is 11.9 Å². The number of anilines is 2. The lowest BCUT2D eigenvalue weighted by molar-refractivity contribution is 0.106. The minimum atomic E-state index is -0.281. The second-order valence-corrected chi connectivity index (χ2v) is 7.08. The molecule has 1 aliphatic rings. The first-order valence-electron chi connectivity index (χ1n) is 8.59. The number of piperazine rings is 1. The van der Waals surface area contributed by atoms with Crippen molar-refractivity contribution in [2.45, 2.75) is 19.4 Å². The molecule has 3 rings (SSSR count). The van der Waals surface area contributed by atoms with Crippen molar-refractivity contribution < 1.29 is 5.11 Å². The maximum atomic E-state index is 9.78. The van der Waals surface area contributed by atoms with E-state index in [0.717, 1.165) is 32.6 Å². The van der Waals surface area contributed by atoms with Crippen molar-refractivity contribution in [1.82, 2.24) is 20.1 Å². The van der Waals surface area contributed by atoms with Gasteiger partial charge in [0, 0.05) is 38.3 Å². The number of β-amino-alcohol motifs (C(OH)–C–C–N with tert-alkyl or cyclic N) is 1. The molecule has 9 heteroatoms. The van der Waals surface area contributed by atoms with Crippen molar-refractivity contribution in [2.24, 2.45) is 0 Å². The van der Waals surface area contributed by atoms with Crippen LogP contribution in [-0.2, 0) is 0 Å². The number of hydrogen-bond donors (Lipinski definition) is 2. The summed E-state index contributed by atoms with van der Waals surface area (Å²) in [6, 6.07) is 5.27. The molecule has 3 N–H and O–H groups in total. The smallest absolute Gasteiger partial charge is 0.247 e. The van der Waals surface area contributed by atoms with E-state index < -0.39 is 0 Å². The van der Waals surface area contributed by atoms with Crippen LogP contribution in [0.2, 0.25) is 10.0 Å². The minimum absolute atomic E-state index is 0.267. The molecule has 1 aliphatic heterocycles. The van der Waals surface area contributed by atoms with Crippen molar-refractivity contribution in [2.75, 3.05) is 43.4 Å². The molecule has 1 fully saturated rings. The summed E-state index contributed by atoms with van der Waals surface area (Å²) in [5, 5.41) is 19.1. The second kappa shape index (κ2) is 8.35. The van der Waals surface area contributed by atoms with Gasteiger partial charge in [-0.15, -0.1) is 10.2 Å². The molecule has 0 bridgehead atoms. The molecule has 26 heavy (non-hydrogen) atoms. The number of nitrogens with zero attached hydrogens (tertiary/aromatic N) is 5. The van der Waals surface area contributed by atoms with Crippen LogP contribution >= 0.6 is 23.2 Å². The number of nitrogens with two attached hydrogens (primary N) is 1. The Bertz CT molecular complexity index is 767. The molecule has 0 amide bonds. The summed E-state index contributed by atoms with van der Waals surface area (Å²) in [7, 11) is 0. The monoisotopic (exact) mass is 396 g/mol. The maximum Gasteiger partial charge on any atom is 0.247 e. The van der Waals surface area contributed by atoms with Gasteiger partial charge < -0.3 is 15.7 Å². The van der Waals surface area contributed by atoms with E-state index in [9.17, 15) is 5.11 Å². The SMILES string of the molecule is CCC(O)CN1CCN(c2nnc(-c3cccc(Cl)c3Cl)c(N)n2)CC1. The van der Waals surface area contributed by atoms with Gasteiger partial charge in [-0.2, -0.15) is 4.98 Å². The van der Waals surface area contributed by atoms with E-state index >= 15 is 0 Å². The Labute approximate surface area is 162 Å². The zero-order chi connectivity index (χ0) is 18.7. The second-order valence-electron chi connectivity index (χ2n) is 6.30. The molecule has 0 saturated carbocycles. The van der Waals surface area contributed by atoms with E-state index in [0.29, 0.717) is 33.8 Å². The highest BCUT2D eigenvalue weighted by Crippen LogP contribution is 2.34. The third kappa shape index (κ3) is 4.17. The van der Waals surface area contributed by atoms with Gasteiger partial charge in [0.15, 0.2) is 5.82 Å². The first-order chi connectivity index (χ1) is 12.5. The highest BCUT2D eigenvalue weighted by atomic mass is 35.5. The number of nitrogen functional groups attached to an aromatic ring is 1. The summed E-state index contributed by atoms with van der Waals surface area (Å²) in [6.07, 6.45) is 0.481. The topological polar surface area (TPSA) is 91.4 Å². The summed E-state index contributed by atoms with van der Waals surface area (Å²) in [5.74, 6) is 0.767. The lowest BCUT2D eigenvalue weighted by Crippen LogP contribution is -2.49. The molecular formula is C17H22Cl2N6O. The molecule has 1 aromatic carbocycles. The Morgan fingerprint density at radius 3 is 2.58 bits per heavy atom. The van der Waals surface area contributed by atoms with Crippen LogP contribution in [0.4, 0.5) is 11.8 Å². The quantitative estimate of drug-likeness (QED) is 0.800. The van der Waals surface area contributed by atoms with Gasteiger partial charge in [0.2, 0.25) is 5.95 Å². The highest BCUT2D eigenvalue weighted by molar-refractivity contribution is 6.43. The normalized spacial score (nSPS) is 16.7. The predicted molar refractivity (Wildman–Crippen MR) is 105 cm³/mol. The Balaban J connectivity index is 1.72. The number of aliphatic hydroxyl groups excluding tert-OH is 1. The number of hydrogen-bond acceptors (Lipinski definition) is 7. The standard InChI is InChI=1S/C17H22Cl2N6O/c1-2-11(26)10-24-6-8-25(9-7-24)17-21-16(20)15(22-23-17)12-4-3-5-13(18)14(12)19/h3-5,11,26H,2,6-10H2,1H3,(H2,20,21,23). The van der Waals surface area contributed by atoms with E-state index in [2.05, 4.69) is 20.1 Å². The number of halogens is 2. The molecule has 0 aliphatic carbocycles. The van der Waals surface area contributed by atoms with Crippen LogP contribution in [0, 0.1) is 0 Å². The Hall–Kier alpha value is -1.67. The van der Waals surface area contributed by atoms with Crippen molar-refractivity contribution in [1.29, 1.82) is 0 Å². The fourth-order valence-corrected chi connectivity index (χ4v) is 3.29. The Morgan fingerprint density at radius 1 is 1.19 bits per heavy atom. The van der Waals surface area contributed by atoms with Crippen LogP contribution in [0.15, 0.2) is 18.2 Å². The average Bonchev–Trinajstić information content (AvgIpc) is 2.65. The fraction of sp³-hybridized carbons (Fsp3) is 0.471. The maximum absolute atomic E-state index is 9.78. The van der Waals surface area contributed by atoms with E-state index in [1.165, 1.54) is 0 Å². The van der Waals surface area contributed by atoms with Crippen molar-refractivity contribution in [3.05, 3.63) is 28.2 Å². The summed E-state index contributed by atoms with van der Waals surface area (Å²) in [4.78, 5) is 8.69. The van der Waals surface area contributed by atoms with Crippen LogP contribution in [0.1, 0.15) is 13.3 Å². The summed E-state index contributed by atoms with van der Waals surface area (Å²) in [5.41, 5.74) is 7.14. The number of benzene rings is 1. The molecular weight excluding hydrogens is 375 g/mol. The average molecular weight is 397 g/mol. The van der Waals surface area contributed by atoms with Crippen LogP contribution in [0.3, 0.4) is 0 Å². The lowest BCUT2D eigenvalue weighted by atomic mass is 10.1. The largest absolute Gasteiger partial charge is 0.392 e. The lowest BCUT2D eigenvalue weighted by Gasteiger charge is -2.35. The van der Waals surface area contributed by atoms with Gasteiger partial charge in [-0.05, 0) is 12.5 Å². The number of rotatable bonds is 5. The first-order valence-corrected chi connectivity index (χ1v) is 9.35. The first kappa shape index (κ1) is 19.1. The molecule has 2 aromatic rings. The zero-order valence-electron chi connectivity index (χ0n) is 14.6.